The molecule has 3 aliphatic rings. The molecule has 7 rings (SSSR count). The average Bonchev–Trinajstić information content (AvgIpc) is 3.32. The monoisotopic (exact) mass is 558 g/mol. The Bertz CT molecular complexity index is 1580. The first-order valence-corrected chi connectivity index (χ1v) is 14.2. The molecule has 3 heterocycles. The Morgan fingerprint density at radius 2 is 1.21 bits per heavy atom. The van der Waals surface area contributed by atoms with Crippen LogP contribution in [0.3, 0.4) is 0 Å². The predicted molar refractivity (Wildman–Crippen MR) is 160 cm³/mol. The summed E-state index contributed by atoms with van der Waals surface area (Å²) in [4.78, 5) is 48.2. The van der Waals surface area contributed by atoms with Crippen molar-refractivity contribution in [1.82, 2.24) is 9.80 Å². The van der Waals surface area contributed by atoms with E-state index in [1.54, 1.807) is 14.7 Å². The van der Waals surface area contributed by atoms with E-state index in [1.165, 1.54) is 4.90 Å². The normalized spacial score (nSPS) is 20.5. The number of carbonyl (C=O) groups is 3. The van der Waals surface area contributed by atoms with Gasteiger partial charge in [-0.2, -0.15) is 0 Å². The molecule has 2 saturated heterocycles. The summed E-state index contributed by atoms with van der Waals surface area (Å²) in [5, 5.41) is 10.6. The summed E-state index contributed by atoms with van der Waals surface area (Å²) in [6, 6.07) is 31.4. The van der Waals surface area contributed by atoms with Gasteiger partial charge in [-0.05, 0) is 60.4 Å². The van der Waals surface area contributed by atoms with Crippen LogP contribution in [-0.4, -0.2) is 57.6 Å². The van der Waals surface area contributed by atoms with Gasteiger partial charge in [0.2, 0.25) is 0 Å². The average molecular weight is 559 g/mol. The third-order valence-corrected chi connectivity index (χ3v) is 8.63. The number of anilines is 4. The summed E-state index contributed by atoms with van der Waals surface area (Å²) in [5.74, 6) is -1.11. The van der Waals surface area contributed by atoms with Crippen molar-refractivity contribution in [3.8, 4) is 0 Å². The number of aliphatic carboxylic acids is 1. The molecule has 1 unspecified atom stereocenters. The van der Waals surface area contributed by atoms with Gasteiger partial charge >= 0.3 is 18.0 Å². The second kappa shape index (κ2) is 10.4. The maximum Gasteiger partial charge on any atom is 0.330 e. The lowest BCUT2D eigenvalue weighted by Gasteiger charge is -2.47. The first kappa shape index (κ1) is 25.8. The Morgan fingerprint density at radius 3 is 1.76 bits per heavy atom. The van der Waals surface area contributed by atoms with E-state index in [2.05, 4.69) is 0 Å². The van der Waals surface area contributed by atoms with E-state index in [0.29, 0.717) is 30.6 Å². The smallest absolute Gasteiger partial charge is 0.330 e. The molecule has 2 bridgehead atoms. The lowest BCUT2D eigenvalue weighted by atomic mass is 9.95. The predicted octanol–water partition coefficient (Wildman–Crippen LogP) is 6.41. The number of carboxylic acid groups (broad SMARTS) is 1. The number of amides is 4. The van der Waals surface area contributed by atoms with Crippen molar-refractivity contribution in [2.45, 2.75) is 37.4 Å². The van der Waals surface area contributed by atoms with Crippen LogP contribution in [0.25, 0.3) is 0 Å². The molecule has 8 nitrogen and oxygen atoms in total. The van der Waals surface area contributed by atoms with Crippen molar-refractivity contribution in [2.75, 3.05) is 16.3 Å². The molecule has 210 valence electrons. The third-order valence-electron chi connectivity index (χ3n) is 8.63. The van der Waals surface area contributed by atoms with Gasteiger partial charge in [-0.1, -0.05) is 72.8 Å². The topological polar surface area (TPSA) is 84.4 Å². The van der Waals surface area contributed by atoms with Crippen molar-refractivity contribution in [3.63, 3.8) is 0 Å². The van der Waals surface area contributed by atoms with Crippen LogP contribution in [-0.2, 0) is 11.2 Å². The van der Waals surface area contributed by atoms with Crippen LogP contribution in [0.2, 0.25) is 0 Å². The molecule has 0 spiro atoms. The fourth-order valence-electron chi connectivity index (χ4n) is 6.81. The van der Waals surface area contributed by atoms with Crippen molar-refractivity contribution in [2.24, 2.45) is 0 Å². The summed E-state index contributed by atoms with van der Waals surface area (Å²) >= 11 is 0. The zero-order valence-electron chi connectivity index (χ0n) is 22.9. The van der Waals surface area contributed by atoms with E-state index in [-0.39, 0.29) is 24.6 Å². The van der Waals surface area contributed by atoms with Gasteiger partial charge in [-0.15, -0.1) is 0 Å². The minimum Gasteiger partial charge on any atom is -0.480 e. The Labute approximate surface area is 244 Å². The van der Waals surface area contributed by atoms with Gasteiger partial charge in [-0.3, -0.25) is 9.80 Å². The van der Waals surface area contributed by atoms with Crippen LogP contribution >= 0.6 is 0 Å². The van der Waals surface area contributed by atoms with Gasteiger partial charge < -0.3 is 14.9 Å². The van der Waals surface area contributed by atoms with Gasteiger partial charge in [0.15, 0.2) is 6.04 Å². The van der Waals surface area contributed by atoms with Crippen LogP contribution in [0.4, 0.5) is 32.3 Å². The Hall–Kier alpha value is -5.11. The minimum atomic E-state index is -1.19. The van der Waals surface area contributed by atoms with E-state index in [4.69, 9.17) is 0 Å². The molecular weight excluding hydrogens is 528 g/mol. The fraction of sp³-hybridized carbons (Fsp3) is 0.206. The number of para-hydroxylation sites is 4. The van der Waals surface area contributed by atoms with E-state index in [0.717, 1.165) is 22.5 Å². The van der Waals surface area contributed by atoms with Crippen molar-refractivity contribution in [3.05, 3.63) is 120 Å². The second-order valence-corrected chi connectivity index (χ2v) is 11.0. The minimum absolute atomic E-state index is 0.135. The molecular formula is C34H30N4O4. The summed E-state index contributed by atoms with van der Waals surface area (Å²) in [6.07, 6.45) is 1.82. The van der Waals surface area contributed by atoms with Crippen molar-refractivity contribution in [1.29, 1.82) is 0 Å². The summed E-state index contributed by atoms with van der Waals surface area (Å²) < 4.78 is 0. The number of urea groups is 2. The SMILES string of the molecule is O=C(O)[C@@H]1[C@H]2CCC(CN1C(=O)N1c3ccccc3Cc3ccccc31)N2C(=O)N(c1ccccc1)c1ccccc1. The molecule has 8 heteroatoms. The number of hydrogen-bond donors (Lipinski definition) is 1. The number of nitrogens with zero attached hydrogens (tertiary/aromatic N) is 4. The van der Waals surface area contributed by atoms with Crippen molar-refractivity contribution >= 4 is 40.8 Å². The highest BCUT2D eigenvalue weighted by molar-refractivity contribution is 6.05. The van der Waals surface area contributed by atoms with Crippen LogP contribution < -0.4 is 9.80 Å². The molecule has 1 N–H and O–H groups in total. The van der Waals surface area contributed by atoms with Gasteiger partial charge in [-0.25, -0.2) is 14.4 Å². The number of fused-ring (bicyclic) bond motifs is 4. The molecule has 42 heavy (non-hydrogen) atoms. The number of rotatable bonds is 3. The maximum absolute atomic E-state index is 14.4. The van der Waals surface area contributed by atoms with Crippen LogP contribution in [0.15, 0.2) is 109 Å². The molecule has 4 aromatic carbocycles. The first-order chi connectivity index (χ1) is 20.5. The fourth-order valence-corrected chi connectivity index (χ4v) is 6.81. The maximum atomic E-state index is 14.4. The highest BCUT2D eigenvalue weighted by Crippen LogP contribution is 2.42. The summed E-state index contributed by atoms with van der Waals surface area (Å²) in [7, 11) is 0. The standard InChI is InChI=1S/C34H30N4O4/c39-32(40)31-30-20-19-27(37(30)34(42)36(25-13-3-1-4-14-25)26-15-5-2-6-16-26)22-35(31)33(41)38-28-17-9-7-11-23(28)21-24-12-8-10-18-29(24)38/h1-18,27,30-31H,19-22H2,(H,39,40)/t27?,30-,31+/m1/s1. The number of carbonyl (C=O) groups excluding carboxylic acids is 2. The number of carboxylic acids is 1. The van der Waals surface area contributed by atoms with Crippen LogP contribution in [0.5, 0.6) is 0 Å². The molecule has 4 amide bonds. The van der Waals surface area contributed by atoms with E-state index in [9.17, 15) is 19.5 Å². The lowest BCUT2D eigenvalue weighted by Crippen LogP contribution is -2.67. The molecule has 0 saturated carbocycles. The first-order valence-electron chi connectivity index (χ1n) is 14.2. The van der Waals surface area contributed by atoms with Crippen LogP contribution in [0, 0.1) is 0 Å². The largest absolute Gasteiger partial charge is 0.480 e. The van der Waals surface area contributed by atoms with Gasteiger partial charge in [0.05, 0.1) is 34.8 Å². The van der Waals surface area contributed by atoms with E-state index in [1.807, 2.05) is 109 Å². The van der Waals surface area contributed by atoms with Crippen molar-refractivity contribution < 1.29 is 19.5 Å². The van der Waals surface area contributed by atoms with Gasteiger partial charge in [0.25, 0.3) is 0 Å². The highest BCUT2D eigenvalue weighted by Gasteiger charge is 2.54. The lowest BCUT2D eigenvalue weighted by molar-refractivity contribution is -0.145. The number of hydrogen-bond acceptors (Lipinski definition) is 3. The number of benzene rings is 4. The van der Waals surface area contributed by atoms with E-state index < -0.39 is 18.1 Å². The molecule has 0 aromatic heterocycles. The molecule has 2 fully saturated rings. The zero-order chi connectivity index (χ0) is 28.8. The molecule has 3 atom stereocenters. The van der Waals surface area contributed by atoms with Gasteiger partial charge in [0, 0.05) is 13.0 Å². The zero-order valence-corrected chi connectivity index (χ0v) is 22.9. The number of piperazine rings is 1. The Balaban J connectivity index is 1.26. The van der Waals surface area contributed by atoms with Gasteiger partial charge in [0.1, 0.15) is 0 Å². The summed E-state index contributed by atoms with van der Waals surface area (Å²) in [6.45, 7) is 0.135. The van der Waals surface area contributed by atoms with E-state index >= 15 is 0 Å². The molecule has 3 aliphatic heterocycles. The highest BCUT2D eigenvalue weighted by atomic mass is 16.4. The quantitative estimate of drug-likeness (QED) is 0.315. The summed E-state index contributed by atoms with van der Waals surface area (Å²) in [5.41, 5.74) is 4.93. The number of likely N-dealkylation sites (tertiary alicyclic amines) is 1. The molecule has 4 aromatic rings. The third kappa shape index (κ3) is 4.18. The Morgan fingerprint density at radius 1 is 0.690 bits per heavy atom. The molecule has 0 aliphatic carbocycles. The molecule has 0 radical (unpaired) electrons. The van der Waals surface area contributed by atoms with Crippen LogP contribution in [0.1, 0.15) is 24.0 Å². The second-order valence-electron chi connectivity index (χ2n) is 11.0. The Kier molecular flexibility index (Phi) is 6.38.